The monoisotopic (exact) mass is 436 g/mol. The molecule has 164 valence electrons. The number of H-pyrrole nitrogens is 1. The van der Waals surface area contributed by atoms with Crippen molar-refractivity contribution in [2.24, 2.45) is 0 Å². The second-order valence-corrected chi connectivity index (χ2v) is 6.90. The molecule has 0 aliphatic heterocycles. The number of hydrogen-bond donors (Lipinski definition) is 4. The lowest BCUT2D eigenvalue weighted by molar-refractivity contribution is 0.162. The van der Waals surface area contributed by atoms with Gasteiger partial charge in [0.25, 0.3) is 0 Å². The molecule has 0 saturated heterocycles. The number of aromatic hydroxyl groups is 3. The predicted octanol–water partition coefficient (Wildman–Crippen LogP) is 3.64. The third-order valence-electron chi connectivity index (χ3n) is 4.80. The molecule has 9 heteroatoms. The number of methoxy groups -OCH3 is 2. The minimum atomic E-state index is -0.647. The highest BCUT2D eigenvalue weighted by Crippen LogP contribution is 2.40. The van der Waals surface area contributed by atoms with Gasteiger partial charge in [0.05, 0.1) is 12.7 Å². The van der Waals surface area contributed by atoms with Gasteiger partial charge in [0.2, 0.25) is 11.2 Å². The van der Waals surface area contributed by atoms with Gasteiger partial charge in [-0.05, 0) is 30.3 Å². The van der Waals surface area contributed by atoms with Crippen molar-refractivity contribution in [2.75, 3.05) is 14.2 Å². The average molecular weight is 436 g/mol. The van der Waals surface area contributed by atoms with Crippen LogP contribution in [0.4, 0.5) is 0 Å². The molecule has 2 aromatic carbocycles. The van der Waals surface area contributed by atoms with Gasteiger partial charge in [-0.2, -0.15) is 0 Å². The van der Waals surface area contributed by atoms with E-state index in [2.05, 4.69) is 9.97 Å². The SMILES string of the molecule is COCc1cc(=O)c(O)c(-c2[nH]c(-c3ccccc3O)nc2-c2ccc(O)c(OC)c2)o1. The van der Waals surface area contributed by atoms with Crippen LogP contribution in [0, 0.1) is 0 Å². The number of ether oxygens (including phenoxy) is 2. The third-order valence-corrected chi connectivity index (χ3v) is 4.80. The normalized spacial score (nSPS) is 10.9. The standard InChI is InChI=1S/C23H20N2O7/c1-30-11-13-10-17(28)21(29)22(32-13)20-19(12-7-8-16(27)18(9-12)31-2)24-23(25-20)14-5-3-4-6-15(14)26/h3-10,26-27,29H,11H2,1-2H3,(H,24,25). The zero-order valence-electron chi connectivity index (χ0n) is 17.2. The second kappa shape index (κ2) is 8.48. The summed E-state index contributed by atoms with van der Waals surface area (Å²) in [6.07, 6.45) is 0. The Kier molecular flexibility index (Phi) is 5.57. The van der Waals surface area contributed by atoms with Crippen LogP contribution in [0.1, 0.15) is 5.76 Å². The minimum Gasteiger partial charge on any atom is -0.507 e. The van der Waals surface area contributed by atoms with Crippen LogP contribution in [-0.2, 0) is 11.3 Å². The number of aromatic nitrogens is 2. The zero-order chi connectivity index (χ0) is 22.8. The molecule has 4 N–H and O–H groups in total. The van der Waals surface area contributed by atoms with Crippen molar-refractivity contribution in [1.82, 2.24) is 9.97 Å². The topological polar surface area (TPSA) is 138 Å². The van der Waals surface area contributed by atoms with Gasteiger partial charge in [-0.15, -0.1) is 0 Å². The van der Waals surface area contributed by atoms with Crippen LogP contribution < -0.4 is 10.2 Å². The van der Waals surface area contributed by atoms with E-state index in [-0.39, 0.29) is 46.9 Å². The molecular formula is C23H20N2O7. The first-order chi connectivity index (χ1) is 15.4. The smallest absolute Gasteiger partial charge is 0.227 e. The van der Waals surface area contributed by atoms with Gasteiger partial charge in [-0.25, -0.2) is 4.98 Å². The van der Waals surface area contributed by atoms with Crippen molar-refractivity contribution in [3.63, 3.8) is 0 Å². The molecule has 0 atom stereocenters. The molecule has 32 heavy (non-hydrogen) atoms. The fourth-order valence-electron chi connectivity index (χ4n) is 3.29. The summed E-state index contributed by atoms with van der Waals surface area (Å²) < 4.78 is 16.0. The van der Waals surface area contributed by atoms with E-state index < -0.39 is 11.2 Å². The first-order valence-electron chi connectivity index (χ1n) is 9.54. The number of nitrogens with zero attached hydrogens (tertiary/aromatic N) is 1. The molecule has 2 aromatic heterocycles. The minimum absolute atomic E-state index is 0.0126. The Morgan fingerprint density at radius 3 is 2.53 bits per heavy atom. The molecule has 0 amide bonds. The van der Waals surface area contributed by atoms with Crippen LogP contribution in [0.15, 0.2) is 57.7 Å². The lowest BCUT2D eigenvalue weighted by Crippen LogP contribution is -2.04. The largest absolute Gasteiger partial charge is 0.507 e. The summed E-state index contributed by atoms with van der Waals surface area (Å²) in [5, 5.41) is 30.7. The van der Waals surface area contributed by atoms with E-state index in [1.165, 1.54) is 26.4 Å². The van der Waals surface area contributed by atoms with Gasteiger partial charge < -0.3 is 34.2 Å². The van der Waals surface area contributed by atoms with Gasteiger partial charge in [-0.1, -0.05) is 12.1 Å². The molecule has 0 aliphatic rings. The zero-order valence-corrected chi connectivity index (χ0v) is 17.2. The molecule has 4 rings (SSSR count). The quantitative estimate of drug-likeness (QED) is 0.359. The molecule has 0 aliphatic carbocycles. The number of benzene rings is 2. The van der Waals surface area contributed by atoms with Crippen molar-refractivity contribution in [3.8, 4) is 57.1 Å². The number of phenolic OH excluding ortho intramolecular Hbond substituents is 2. The molecule has 4 aromatic rings. The molecular weight excluding hydrogens is 416 g/mol. The third kappa shape index (κ3) is 3.77. The summed E-state index contributed by atoms with van der Waals surface area (Å²) in [7, 11) is 2.87. The molecule has 9 nitrogen and oxygen atoms in total. The average Bonchev–Trinajstić information content (AvgIpc) is 3.22. The van der Waals surface area contributed by atoms with Crippen LogP contribution >= 0.6 is 0 Å². The van der Waals surface area contributed by atoms with E-state index >= 15 is 0 Å². The van der Waals surface area contributed by atoms with Crippen molar-refractivity contribution in [1.29, 1.82) is 0 Å². The number of hydrogen-bond acceptors (Lipinski definition) is 8. The van der Waals surface area contributed by atoms with Crippen LogP contribution in [-0.4, -0.2) is 39.5 Å². The second-order valence-electron chi connectivity index (χ2n) is 6.90. The number of phenols is 2. The maximum Gasteiger partial charge on any atom is 0.227 e. The number of rotatable bonds is 6. The number of nitrogens with one attached hydrogen (secondary N) is 1. The molecule has 0 bridgehead atoms. The maximum atomic E-state index is 12.3. The lowest BCUT2D eigenvalue weighted by atomic mass is 10.1. The van der Waals surface area contributed by atoms with E-state index in [4.69, 9.17) is 13.9 Å². The molecule has 0 fully saturated rings. The van der Waals surface area contributed by atoms with Crippen molar-refractivity contribution >= 4 is 0 Å². The van der Waals surface area contributed by atoms with Gasteiger partial charge in [0, 0.05) is 18.7 Å². The summed E-state index contributed by atoms with van der Waals surface area (Å²) in [4.78, 5) is 20.0. The number of para-hydroxylation sites is 1. The van der Waals surface area contributed by atoms with Crippen molar-refractivity contribution < 1.29 is 29.2 Å². The van der Waals surface area contributed by atoms with Crippen LogP contribution in [0.5, 0.6) is 23.0 Å². The first kappa shape index (κ1) is 21.0. The van der Waals surface area contributed by atoms with Crippen molar-refractivity contribution in [3.05, 3.63) is 64.5 Å². The Morgan fingerprint density at radius 2 is 1.81 bits per heavy atom. The Morgan fingerprint density at radius 1 is 1.03 bits per heavy atom. The van der Waals surface area contributed by atoms with E-state index in [9.17, 15) is 20.1 Å². The Labute approximate surface area is 182 Å². The fourth-order valence-corrected chi connectivity index (χ4v) is 3.29. The van der Waals surface area contributed by atoms with E-state index in [1.54, 1.807) is 30.3 Å². The molecule has 0 radical (unpaired) electrons. The van der Waals surface area contributed by atoms with Gasteiger partial charge in [0.1, 0.15) is 35.3 Å². The molecule has 0 unspecified atom stereocenters. The van der Waals surface area contributed by atoms with Crippen LogP contribution in [0.2, 0.25) is 0 Å². The molecule has 0 saturated carbocycles. The molecule has 2 heterocycles. The van der Waals surface area contributed by atoms with Crippen molar-refractivity contribution in [2.45, 2.75) is 6.61 Å². The fraction of sp³-hybridized carbons (Fsp3) is 0.130. The first-order valence-corrected chi connectivity index (χ1v) is 9.54. The van der Waals surface area contributed by atoms with Gasteiger partial charge in [0.15, 0.2) is 17.3 Å². The van der Waals surface area contributed by atoms with E-state index in [0.717, 1.165) is 6.07 Å². The van der Waals surface area contributed by atoms with Gasteiger partial charge >= 0.3 is 0 Å². The highest BCUT2D eigenvalue weighted by atomic mass is 16.5. The van der Waals surface area contributed by atoms with Crippen LogP contribution in [0.25, 0.3) is 34.1 Å². The number of aromatic amines is 1. The van der Waals surface area contributed by atoms with E-state index in [0.29, 0.717) is 16.8 Å². The Hall–Kier alpha value is -4.24. The summed E-state index contributed by atoms with van der Waals surface area (Å²) in [5.41, 5.74) is 0.761. The highest BCUT2D eigenvalue weighted by Gasteiger charge is 2.24. The summed E-state index contributed by atoms with van der Waals surface area (Å²) in [6.45, 7) is 0.0192. The molecule has 0 spiro atoms. The lowest BCUT2D eigenvalue weighted by Gasteiger charge is -2.08. The number of imidazole rings is 1. The van der Waals surface area contributed by atoms with E-state index in [1.807, 2.05) is 0 Å². The Balaban J connectivity index is 2.00. The van der Waals surface area contributed by atoms with Crippen LogP contribution in [0.3, 0.4) is 0 Å². The summed E-state index contributed by atoms with van der Waals surface area (Å²) in [6, 6.07) is 12.3. The maximum absolute atomic E-state index is 12.3. The highest BCUT2D eigenvalue weighted by molar-refractivity contribution is 5.82. The predicted molar refractivity (Wildman–Crippen MR) is 116 cm³/mol. The summed E-state index contributed by atoms with van der Waals surface area (Å²) >= 11 is 0. The van der Waals surface area contributed by atoms with Gasteiger partial charge in [-0.3, -0.25) is 4.79 Å². The summed E-state index contributed by atoms with van der Waals surface area (Å²) in [5.74, 6) is -0.130. The Bertz CT molecular complexity index is 1340.